The Morgan fingerprint density at radius 3 is 2.33 bits per heavy atom. The number of halogens is 1. The van der Waals surface area contributed by atoms with Crippen molar-refractivity contribution in [3.63, 3.8) is 0 Å². The molecule has 15 heavy (non-hydrogen) atoms. The van der Waals surface area contributed by atoms with Gasteiger partial charge in [-0.25, -0.2) is 4.98 Å². The smallest absolute Gasteiger partial charge is 0.161 e. The molecule has 0 spiro atoms. The molecule has 0 saturated heterocycles. The summed E-state index contributed by atoms with van der Waals surface area (Å²) in [4.78, 5) is 15.1. The van der Waals surface area contributed by atoms with Crippen molar-refractivity contribution in [2.24, 2.45) is 0 Å². The Bertz CT molecular complexity index is 334. The van der Waals surface area contributed by atoms with Crippen LogP contribution in [0.15, 0.2) is 12.3 Å². The van der Waals surface area contributed by atoms with Gasteiger partial charge in [0, 0.05) is 11.8 Å². The zero-order chi connectivity index (χ0) is 12.0. The van der Waals surface area contributed by atoms with E-state index in [-0.39, 0.29) is 5.78 Å². The van der Waals surface area contributed by atoms with Crippen LogP contribution < -0.4 is 0 Å². The van der Waals surface area contributed by atoms with E-state index >= 15 is 0 Å². The number of ketones is 1. The lowest BCUT2D eigenvalue weighted by Crippen LogP contribution is -2.02. The molecule has 0 aliphatic rings. The first-order valence-corrected chi connectivity index (χ1v) is 5.56. The Morgan fingerprint density at radius 2 is 1.93 bits per heavy atom. The SMILES string of the molecule is CC.CC(=O)c1cnc(Cl)cc1C(C)C. The van der Waals surface area contributed by atoms with Gasteiger partial charge in [-0.3, -0.25) is 4.79 Å². The molecule has 1 aromatic heterocycles. The summed E-state index contributed by atoms with van der Waals surface area (Å²) in [5.74, 6) is 0.326. The predicted molar refractivity (Wildman–Crippen MR) is 64.7 cm³/mol. The fourth-order valence-corrected chi connectivity index (χ4v) is 1.38. The van der Waals surface area contributed by atoms with Gasteiger partial charge in [0.25, 0.3) is 0 Å². The van der Waals surface area contributed by atoms with Gasteiger partial charge in [0.2, 0.25) is 0 Å². The first-order valence-electron chi connectivity index (χ1n) is 5.18. The number of nitrogens with zero attached hydrogens (tertiary/aromatic N) is 1. The molecule has 0 N–H and O–H groups in total. The molecule has 3 heteroatoms. The van der Waals surface area contributed by atoms with E-state index in [9.17, 15) is 4.79 Å². The fraction of sp³-hybridized carbons (Fsp3) is 0.500. The van der Waals surface area contributed by atoms with Gasteiger partial charge < -0.3 is 0 Å². The topological polar surface area (TPSA) is 30.0 Å². The minimum atomic E-state index is 0.0351. The van der Waals surface area contributed by atoms with Crippen LogP contribution in [0.3, 0.4) is 0 Å². The van der Waals surface area contributed by atoms with E-state index in [1.54, 1.807) is 12.3 Å². The van der Waals surface area contributed by atoms with Gasteiger partial charge >= 0.3 is 0 Å². The second-order valence-electron chi connectivity index (χ2n) is 3.31. The van der Waals surface area contributed by atoms with E-state index in [0.29, 0.717) is 16.6 Å². The summed E-state index contributed by atoms with van der Waals surface area (Å²) in [6, 6.07) is 1.75. The molecule has 0 unspecified atom stereocenters. The molecule has 0 aliphatic heterocycles. The van der Waals surface area contributed by atoms with Crippen molar-refractivity contribution in [3.05, 3.63) is 28.5 Å². The van der Waals surface area contributed by atoms with Crippen molar-refractivity contribution in [1.82, 2.24) is 4.98 Å². The molecule has 0 saturated carbocycles. The van der Waals surface area contributed by atoms with Crippen molar-refractivity contribution < 1.29 is 4.79 Å². The van der Waals surface area contributed by atoms with Crippen molar-refractivity contribution in [2.75, 3.05) is 0 Å². The summed E-state index contributed by atoms with van der Waals surface area (Å²) in [5, 5.41) is 0.439. The Labute approximate surface area is 96.7 Å². The van der Waals surface area contributed by atoms with Crippen LogP contribution >= 0.6 is 11.6 Å². The average molecular weight is 228 g/mol. The molecule has 1 aromatic rings. The molecule has 0 fully saturated rings. The van der Waals surface area contributed by atoms with E-state index in [1.807, 2.05) is 27.7 Å². The van der Waals surface area contributed by atoms with Gasteiger partial charge in [0.15, 0.2) is 5.78 Å². The first-order chi connectivity index (χ1) is 7.02. The lowest BCUT2D eigenvalue weighted by Gasteiger charge is -2.09. The number of Topliss-reactive ketones (excluding diaryl/α,β-unsaturated/α-hetero) is 1. The van der Waals surface area contributed by atoms with Crippen LogP contribution in [-0.4, -0.2) is 10.8 Å². The number of pyridine rings is 1. The third-order valence-electron chi connectivity index (χ3n) is 1.90. The lowest BCUT2D eigenvalue weighted by molar-refractivity contribution is 0.101. The van der Waals surface area contributed by atoms with E-state index < -0.39 is 0 Å². The molecule has 84 valence electrons. The van der Waals surface area contributed by atoms with Gasteiger partial charge in [-0.2, -0.15) is 0 Å². The molecule has 0 aromatic carbocycles. The van der Waals surface area contributed by atoms with Gasteiger partial charge in [-0.05, 0) is 24.5 Å². The predicted octanol–water partition coefficient (Wildman–Crippen LogP) is 4.09. The number of hydrogen-bond acceptors (Lipinski definition) is 2. The van der Waals surface area contributed by atoms with Crippen LogP contribution in [0.1, 0.15) is 56.5 Å². The third kappa shape index (κ3) is 4.00. The Hall–Kier alpha value is -0.890. The fourth-order valence-electron chi connectivity index (χ4n) is 1.22. The summed E-state index contributed by atoms with van der Waals surface area (Å²) < 4.78 is 0. The molecule has 1 heterocycles. The maximum atomic E-state index is 11.2. The quantitative estimate of drug-likeness (QED) is 0.563. The minimum absolute atomic E-state index is 0.0351. The van der Waals surface area contributed by atoms with Crippen LogP contribution in [0.5, 0.6) is 0 Å². The minimum Gasteiger partial charge on any atom is -0.294 e. The van der Waals surface area contributed by atoms with Gasteiger partial charge in [0.1, 0.15) is 5.15 Å². The van der Waals surface area contributed by atoms with Crippen molar-refractivity contribution in [1.29, 1.82) is 0 Å². The highest BCUT2D eigenvalue weighted by atomic mass is 35.5. The molecular formula is C12H18ClNO. The van der Waals surface area contributed by atoms with Crippen molar-refractivity contribution in [3.8, 4) is 0 Å². The van der Waals surface area contributed by atoms with E-state index in [1.165, 1.54) is 6.92 Å². The third-order valence-corrected chi connectivity index (χ3v) is 2.11. The number of rotatable bonds is 2. The van der Waals surface area contributed by atoms with Crippen LogP contribution in [0.4, 0.5) is 0 Å². The molecule has 0 amide bonds. The van der Waals surface area contributed by atoms with Crippen LogP contribution in [0.25, 0.3) is 0 Å². The Balaban J connectivity index is 0.000000921. The van der Waals surface area contributed by atoms with E-state index in [0.717, 1.165) is 5.56 Å². The summed E-state index contributed by atoms with van der Waals surface area (Å²) >= 11 is 5.74. The number of aromatic nitrogens is 1. The molecule has 2 nitrogen and oxygen atoms in total. The van der Waals surface area contributed by atoms with Gasteiger partial charge in [-0.1, -0.05) is 39.3 Å². The van der Waals surface area contributed by atoms with Crippen LogP contribution in [0, 0.1) is 0 Å². The summed E-state index contributed by atoms with van der Waals surface area (Å²) in [7, 11) is 0. The van der Waals surface area contributed by atoms with E-state index in [4.69, 9.17) is 11.6 Å². The first kappa shape index (κ1) is 14.1. The second-order valence-corrected chi connectivity index (χ2v) is 3.69. The highest BCUT2D eigenvalue weighted by molar-refractivity contribution is 6.29. The highest BCUT2D eigenvalue weighted by Crippen LogP contribution is 2.21. The largest absolute Gasteiger partial charge is 0.294 e. The van der Waals surface area contributed by atoms with Crippen LogP contribution in [0.2, 0.25) is 5.15 Å². The monoisotopic (exact) mass is 227 g/mol. The maximum Gasteiger partial charge on any atom is 0.161 e. The van der Waals surface area contributed by atoms with Crippen molar-refractivity contribution >= 4 is 17.4 Å². The number of carbonyl (C=O) groups excluding carboxylic acids is 1. The average Bonchev–Trinajstić information content (AvgIpc) is 2.20. The van der Waals surface area contributed by atoms with E-state index in [2.05, 4.69) is 4.98 Å². The molecule has 0 aliphatic carbocycles. The zero-order valence-electron chi connectivity index (χ0n) is 9.97. The van der Waals surface area contributed by atoms with Crippen LogP contribution in [-0.2, 0) is 0 Å². The molecule has 0 radical (unpaired) electrons. The number of hydrogen-bond donors (Lipinski definition) is 0. The summed E-state index contributed by atoms with van der Waals surface area (Å²) in [6.45, 7) is 9.59. The lowest BCUT2D eigenvalue weighted by atomic mass is 9.97. The van der Waals surface area contributed by atoms with Gasteiger partial charge in [0.05, 0.1) is 0 Å². The Morgan fingerprint density at radius 1 is 1.40 bits per heavy atom. The van der Waals surface area contributed by atoms with Crippen molar-refractivity contribution in [2.45, 2.75) is 40.5 Å². The summed E-state index contributed by atoms with van der Waals surface area (Å²) in [6.07, 6.45) is 1.54. The maximum absolute atomic E-state index is 11.2. The highest BCUT2D eigenvalue weighted by Gasteiger charge is 2.11. The normalized spacial score (nSPS) is 9.53. The van der Waals surface area contributed by atoms with Gasteiger partial charge in [-0.15, -0.1) is 0 Å². The zero-order valence-corrected chi connectivity index (χ0v) is 10.7. The Kier molecular flexibility index (Phi) is 6.18. The molecule has 0 bridgehead atoms. The molecule has 0 atom stereocenters. The molecular weight excluding hydrogens is 210 g/mol. The standard InChI is InChI=1S/C10H12ClNO.C2H6/c1-6(2)8-4-10(11)12-5-9(8)7(3)13;1-2/h4-6H,1-3H3;1-2H3. The second kappa shape index (κ2) is 6.57. The number of carbonyl (C=O) groups is 1. The molecule has 1 rings (SSSR count). The summed E-state index contributed by atoms with van der Waals surface area (Å²) in [5.41, 5.74) is 1.63.